The molecule has 1 aliphatic carbocycles. The number of fused-ring (bicyclic) bond motifs is 4. The fraction of sp³-hybridized carbons (Fsp3) is 0.323. The maximum atomic E-state index is 13.4. The number of nitrogens with zero attached hydrogens (tertiary/aromatic N) is 5. The highest BCUT2D eigenvalue weighted by molar-refractivity contribution is 7.90. The Bertz CT molecular complexity index is 1920. The minimum Gasteiger partial charge on any atom is -0.497 e. The highest BCUT2D eigenvalue weighted by atomic mass is 32.2. The zero-order valence-electron chi connectivity index (χ0n) is 23.4. The number of methoxy groups -OCH3 is 2. The van der Waals surface area contributed by atoms with Crippen LogP contribution in [0.2, 0.25) is 0 Å². The van der Waals surface area contributed by atoms with E-state index in [9.17, 15) is 13.2 Å². The highest BCUT2D eigenvalue weighted by Gasteiger charge is 2.44. The fourth-order valence-electron chi connectivity index (χ4n) is 6.72. The SMILES string of the molecule is COc1ccc(CN2C(=O)CC3CCC(n4cnc5cnc6c(ccn6S(=O)(=O)c6ccccc6)c54)CC32)c(OC)c1. The van der Waals surface area contributed by atoms with E-state index in [4.69, 9.17) is 9.47 Å². The molecule has 7 rings (SSSR count). The summed E-state index contributed by atoms with van der Waals surface area (Å²) in [5, 5.41) is 0.731. The van der Waals surface area contributed by atoms with Gasteiger partial charge in [-0.05, 0) is 55.5 Å². The van der Waals surface area contributed by atoms with E-state index in [1.165, 1.54) is 3.97 Å². The molecule has 3 unspecified atom stereocenters. The van der Waals surface area contributed by atoms with Crippen LogP contribution in [0, 0.1) is 5.92 Å². The number of imidazole rings is 1. The Balaban J connectivity index is 1.22. The van der Waals surface area contributed by atoms with Gasteiger partial charge in [0.15, 0.2) is 5.65 Å². The van der Waals surface area contributed by atoms with Crippen LogP contribution in [0.25, 0.3) is 22.1 Å². The minimum atomic E-state index is -3.81. The molecule has 0 spiro atoms. The molecule has 1 saturated heterocycles. The molecule has 0 radical (unpaired) electrons. The second-order valence-corrected chi connectivity index (χ2v) is 12.8. The monoisotopic (exact) mass is 585 g/mol. The van der Waals surface area contributed by atoms with Gasteiger partial charge in [-0.2, -0.15) is 0 Å². The molecular weight excluding hydrogens is 554 g/mol. The number of rotatable bonds is 7. The molecule has 0 N–H and O–H groups in total. The van der Waals surface area contributed by atoms with Crippen LogP contribution < -0.4 is 9.47 Å². The largest absolute Gasteiger partial charge is 0.497 e. The summed E-state index contributed by atoms with van der Waals surface area (Å²) < 4.78 is 41.2. The molecule has 2 aliphatic rings. The quantitative estimate of drug-likeness (QED) is 0.270. The number of benzene rings is 2. The molecule has 11 heteroatoms. The lowest BCUT2D eigenvalue weighted by Gasteiger charge is -2.37. The molecule has 10 nitrogen and oxygen atoms in total. The van der Waals surface area contributed by atoms with Gasteiger partial charge in [0.2, 0.25) is 5.91 Å². The van der Waals surface area contributed by atoms with Crippen LogP contribution in [0.15, 0.2) is 78.2 Å². The number of carbonyl (C=O) groups excluding carboxylic acids is 1. The lowest BCUT2D eigenvalue weighted by molar-refractivity contribution is -0.129. The zero-order valence-corrected chi connectivity index (χ0v) is 24.2. The smallest absolute Gasteiger partial charge is 0.269 e. The molecule has 3 aromatic heterocycles. The Labute approximate surface area is 243 Å². The van der Waals surface area contributed by atoms with Gasteiger partial charge in [0.1, 0.15) is 17.0 Å². The molecular formula is C31H31N5O5S. The van der Waals surface area contributed by atoms with Gasteiger partial charge in [0.25, 0.3) is 10.0 Å². The first-order chi connectivity index (χ1) is 20.4. The van der Waals surface area contributed by atoms with E-state index in [0.29, 0.717) is 41.5 Å². The van der Waals surface area contributed by atoms with Crippen LogP contribution >= 0.6 is 0 Å². The molecule has 3 atom stereocenters. The van der Waals surface area contributed by atoms with Crippen molar-refractivity contribution >= 4 is 38.0 Å². The van der Waals surface area contributed by atoms with Gasteiger partial charge in [-0.3, -0.25) is 4.79 Å². The molecule has 0 bridgehead atoms. The summed E-state index contributed by atoms with van der Waals surface area (Å²) in [4.78, 5) is 24.6. The Morgan fingerprint density at radius 2 is 1.83 bits per heavy atom. The Morgan fingerprint density at radius 3 is 2.62 bits per heavy atom. The van der Waals surface area contributed by atoms with Gasteiger partial charge in [0.05, 0.1) is 37.2 Å². The van der Waals surface area contributed by atoms with Crippen molar-refractivity contribution in [2.45, 2.75) is 49.2 Å². The van der Waals surface area contributed by atoms with Crippen LogP contribution in [0.4, 0.5) is 0 Å². The van der Waals surface area contributed by atoms with Crippen molar-refractivity contribution in [3.05, 3.63) is 78.9 Å². The number of pyridine rings is 1. The number of likely N-dealkylation sites (tertiary alicyclic amines) is 1. The number of aromatic nitrogens is 4. The summed E-state index contributed by atoms with van der Waals surface area (Å²) in [6, 6.07) is 16.0. The molecule has 42 heavy (non-hydrogen) atoms. The number of hydrogen-bond donors (Lipinski definition) is 0. The Kier molecular flexibility index (Phi) is 6.41. The average Bonchev–Trinajstić information content (AvgIpc) is 3.73. The Hall–Kier alpha value is -4.38. The normalized spacial score (nSPS) is 20.8. The number of carbonyl (C=O) groups is 1. The van der Waals surface area contributed by atoms with Crippen LogP contribution in [-0.2, 0) is 21.4 Å². The second-order valence-electron chi connectivity index (χ2n) is 11.0. The third kappa shape index (κ3) is 4.22. The molecule has 1 aliphatic heterocycles. The van der Waals surface area contributed by atoms with E-state index < -0.39 is 10.0 Å². The second kappa shape index (κ2) is 10.2. The van der Waals surface area contributed by atoms with Crippen molar-refractivity contribution < 1.29 is 22.7 Å². The third-order valence-electron chi connectivity index (χ3n) is 8.83. The first-order valence-electron chi connectivity index (χ1n) is 14.0. The third-order valence-corrected chi connectivity index (χ3v) is 10.5. The van der Waals surface area contributed by atoms with Crippen molar-refractivity contribution in [2.75, 3.05) is 14.2 Å². The van der Waals surface area contributed by atoms with E-state index in [0.717, 1.165) is 35.7 Å². The summed E-state index contributed by atoms with van der Waals surface area (Å²) in [5.74, 6) is 1.86. The van der Waals surface area contributed by atoms with Gasteiger partial charge in [-0.25, -0.2) is 22.4 Å². The lowest BCUT2D eigenvalue weighted by Crippen LogP contribution is -2.39. The number of amides is 1. The average molecular weight is 586 g/mol. The zero-order chi connectivity index (χ0) is 29.0. The first-order valence-corrected chi connectivity index (χ1v) is 15.5. The fourth-order valence-corrected chi connectivity index (χ4v) is 8.04. The van der Waals surface area contributed by atoms with Crippen molar-refractivity contribution in [3.8, 4) is 11.5 Å². The van der Waals surface area contributed by atoms with Crippen LogP contribution in [0.1, 0.15) is 37.3 Å². The number of hydrogen-bond acceptors (Lipinski definition) is 7. The molecule has 2 aromatic carbocycles. The van der Waals surface area contributed by atoms with Crippen molar-refractivity contribution in [1.82, 2.24) is 23.4 Å². The highest BCUT2D eigenvalue weighted by Crippen LogP contribution is 2.44. The predicted molar refractivity (Wildman–Crippen MR) is 157 cm³/mol. The molecule has 5 aromatic rings. The number of ether oxygens (including phenoxy) is 2. The van der Waals surface area contributed by atoms with Crippen LogP contribution in [0.3, 0.4) is 0 Å². The van der Waals surface area contributed by atoms with Gasteiger partial charge in [-0.1, -0.05) is 18.2 Å². The van der Waals surface area contributed by atoms with E-state index in [2.05, 4.69) is 14.5 Å². The summed E-state index contributed by atoms with van der Waals surface area (Å²) >= 11 is 0. The van der Waals surface area contributed by atoms with Crippen molar-refractivity contribution in [2.24, 2.45) is 5.92 Å². The maximum Gasteiger partial charge on any atom is 0.269 e. The van der Waals surface area contributed by atoms with E-state index in [1.807, 2.05) is 29.4 Å². The van der Waals surface area contributed by atoms with E-state index in [-0.39, 0.29) is 22.9 Å². The standard InChI is InChI=1S/C31H31N5O5S/c1-40-23-11-9-21(28(16-23)41-2)18-34-27-15-22(10-8-20(27)14-29(34)37)35-19-33-26-17-32-31-25(30(26)35)12-13-36(31)42(38,39)24-6-4-3-5-7-24/h3-7,9,11-13,16-17,19-20,22,27H,8,10,14-15,18H2,1-2H3. The van der Waals surface area contributed by atoms with Crippen molar-refractivity contribution in [1.29, 1.82) is 0 Å². The van der Waals surface area contributed by atoms with Gasteiger partial charge >= 0.3 is 0 Å². The van der Waals surface area contributed by atoms with Gasteiger partial charge in [0, 0.05) is 48.3 Å². The summed E-state index contributed by atoms with van der Waals surface area (Å²) in [7, 11) is -0.571. The van der Waals surface area contributed by atoms with Crippen molar-refractivity contribution in [3.63, 3.8) is 0 Å². The molecule has 2 fully saturated rings. The predicted octanol–water partition coefficient (Wildman–Crippen LogP) is 4.78. The summed E-state index contributed by atoms with van der Waals surface area (Å²) in [6.45, 7) is 0.471. The summed E-state index contributed by atoms with van der Waals surface area (Å²) in [6.07, 6.45) is 8.20. The lowest BCUT2D eigenvalue weighted by atomic mass is 9.82. The molecule has 4 heterocycles. The molecule has 1 saturated carbocycles. The molecule has 1 amide bonds. The maximum absolute atomic E-state index is 13.4. The first kappa shape index (κ1) is 26.5. The topological polar surface area (TPSA) is 109 Å². The van der Waals surface area contributed by atoms with E-state index in [1.54, 1.807) is 63.0 Å². The minimum absolute atomic E-state index is 0.0842. The van der Waals surface area contributed by atoms with Crippen LogP contribution in [0.5, 0.6) is 11.5 Å². The Morgan fingerprint density at radius 1 is 1.00 bits per heavy atom. The molecule has 216 valence electrons. The van der Waals surface area contributed by atoms with E-state index >= 15 is 0 Å². The van der Waals surface area contributed by atoms with Crippen LogP contribution in [-0.4, -0.2) is 58.0 Å². The van der Waals surface area contributed by atoms with Gasteiger partial charge < -0.3 is 18.9 Å². The summed E-state index contributed by atoms with van der Waals surface area (Å²) in [5.41, 5.74) is 2.88. The van der Waals surface area contributed by atoms with Gasteiger partial charge in [-0.15, -0.1) is 0 Å².